The molecule has 0 radical (unpaired) electrons. The molecule has 0 fully saturated rings. The van der Waals surface area contributed by atoms with Crippen molar-refractivity contribution < 1.29 is 96.8 Å². The Bertz CT molecular complexity index is 3880. The molecule has 0 spiro atoms. The zero-order valence-electron chi connectivity index (χ0n) is 67.5. The van der Waals surface area contributed by atoms with E-state index in [4.69, 9.17) is 21.9 Å². The fraction of sp³-hybridized carbons (Fsp3) is 0.558. The van der Waals surface area contributed by atoms with Crippen LogP contribution in [0.1, 0.15) is 143 Å². The number of phenols is 1. The predicted octanol–water partition coefficient (Wildman–Crippen LogP) is -4.45. The SMILES string of the molecule is COc1ccc2cc1C(=O)NNC(=O)[C@H](Cc1ccccc1)NC(=O)[C@H](CCCCN)NC(=O)[C@@H](N)CCCNC(=O)[C@H]([C@@H](C)O)NC(=O)[C@H](C(C)C)NC(=O)CNC(=O)[C@H]([C@@H](C)O)NC(=O)[C@H](C(C)C)NC(=O)[C@H](C(C)C)NC(=O)[C@H](C)NC(=O)[C@@H](N)CCCNC(=O)[C@H](C(C)C)NC(=O)[C@H](Cc1ccc(O)cc1)NC(=O)C(=O)N2. The van der Waals surface area contributed by atoms with Gasteiger partial charge in [-0.25, -0.2) is 0 Å². The third kappa shape index (κ3) is 31.8. The van der Waals surface area contributed by atoms with Gasteiger partial charge in [-0.05, 0) is 137 Å². The molecule has 0 aromatic heterocycles. The number of aliphatic hydroxyl groups excluding tert-OH is 2. The number of aliphatic hydroxyl groups is 2. The third-order valence-corrected chi connectivity index (χ3v) is 18.7. The van der Waals surface area contributed by atoms with Gasteiger partial charge in [0.1, 0.15) is 71.9 Å². The van der Waals surface area contributed by atoms with E-state index in [1.165, 1.54) is 64.3 Å². The summed E-state index contributed by atoms with van der Waals surface area (Å²) in [5.74, 6) is -17.9. The topological polar surface area (TPSA) is 614 Å². The summed E-state index contributed by atoms with van der Waals surface area (Å²) < 4.78 is 5.41. The number of carbonyl (C=O) groups excluding carboxylic acids is 16. The van der Waals surface area contributed by atoms with E-state index in [1.54, 1.807) is 85.7 Å². The molecule has 3 aromatic rings. The largest absolute Gasteiger partial charge is 0.508 e. The van der Waals surface area contributed by atoms with Crippen LogP contribution in [0.5, 0.6) is 11.5 Å². The van der Waals surface area contributed by atoms with Crippen molar-refractivity contribution in [1.29, 1.82) is 0 Å². The number of hydrazine groups is 1. The molecular formula is C77H117N19O20. The lowest BCUT2D eigenvalue weighted by Gasteiger charge is -2.29. The Morgan fingerprint density at radius 3 is 1.38 bits per heavy atom. The molecule has 1 aliphatic heterocycles. The van der Waals surface area contributed by atoms with Gasteiger partial charge in [-0.15, -0.1) is 0 Å². The van der Waals surface area contributed by atoms with E-state index in [0.717, 1.165) is 6.07 Å². The van der Waals surface area contributed by atoms with E-state index in [1.807, 2.05) is 0 Å². The Morgan fingerprint density at radius 2 is 0.871 bits per heavy atom. The number of fused-ring (bicyclic) bond motifs is 2. The van der Waals surface area contributed by atoms with Crippen LogP contribution in [0.15, 0.2) is 72.8 Å². The van der Waals surface area contributed by atoms with E-state index in [-0.39, 0.29) is 87.3 Å². The number of amides is 16. The highest BCUT2D eigenvalue weighted by Gasteiger charge is 2.38. The Kier molecular flexibility index (Phi) is 40.2. The Morgan fingerprint density at radius 1 is 0.431 bits per heavy atom. The zero-order chi connectivity index (χ0) is 86.8. The fourth-order valence-electron chi connectivity index (χ4n) is 11.7. The minimum atomic E-state index is -1.73. The lowest BCUT2D eigenvalue weighted by atomic mass is 9.98. The van der Waals surface area contributed by atoms with E-state index >= 15 is 0 Å². The second kappa shape index (κ2) is 48.1. The van der Waals surface area contributed by atoms with Crippen molar-refractivity contribution in [3.63, 3.8) is 0 Å². The molecule has 16 amide bonds. The molecule has 116 heavy (non-hydrogen) atoms. The number of carbonyl (C=O) groups is 16. The quantitative estimate of drug-likeness (QED) is 0.0504. The number of aromatic hydroxyl groups is 1. The maximum atomic E-state index is 14.3. The molecule has 1 aliphatic rings. The molecule has 2 bridgehead atoms. The van der Waals surface area contributed by atoms with Gasteiger partial charge >= 0.3 is 11.8 Å². The first-order valence-electron chi connectivity index (χ1n) is 38.5. The Labute approximate surface area is 673 Å². The molecule has 640 valence electrons. The number of nitrogens with two attached hydrogens (primary N) is 3. The number of hydrogen-bond donors (Lipinski definition) is 22. The molecule has 39 nitrogen and oxygen atoms in total. The highest BCUT2D eigenvalue weighted by Crippen LogP contribution is 2.23. The van der Waals surface area contributed by atoms with Crippen LogP contribution in [0.3, 0.4) is 0 Å². The minimum absolute atomic E-state index is 0.0160. The van der Waals surface area contributed by atoms with Gasteiger partial charge in [0.25, 0.3) is 11.8 Å². The first-order valence-corrected chi connectivity index (χ1v) is 38.5. The molecule has 39 heteroatoms. The van der Waals surface area contributed by atoms with E-state index in [0.29, 0.717) is 24.0 Å². The molecule has 25 N–H and O–H groups in total. The average molecular weight is 1630 g/mol. The lowest BCUT2D eigenvalue weighted by molar-refractivity contribution is -0.138. The molecule has 0 unspecified atom stereocenters. The second-order valence-electron chi connectivity index (χ2n) is 29.8. The number of nitrogens with one attached hydrogen (secondary N) is 16. The minimum Gasteiger partial charge on any atom is -0.508 e. The summed E-state index contributed by atoms with van der Waals surface area (Å²) in [5, 5.41) is 66.7. The number of hydrogen-bond acceptors (Lipinski definition) is 23. The molecule has 0 aliphatic carbocycles. The number of methoxy groups -OCH3 is 1. The van der Waals surface area contributed by atoms with E-state index < -0.39 is 209 Å². The first-order chi connectivity index (χ1) is 54.7. The van der Waals surface area contributed by atoms with Gasteiger partial charge in [0.15, 0.2) is 0 Å². The fourth-order valence-corrected chi connectivity index (χ4v) is 11.7. The van der Waals surface area contributed by atoms with Gasteiger partial charge in [-0.1, -0.05) is 97.9 Å². The number of anilines is 1. The van der Waals surface area contributed by atoms with Gasteiger partial charge in [0.2, 0.25) is 70.9 Å². The summed E-state index contributed by atoms with van der Waals surface area (Å²) in [6.07, 6.45) is -2.78. The summed E-state index contributed by atoms with van der Waals surface area (Å²) in [7, 11) is 1.22. The molecular weight excluding hydrogens is 1510 g/mol. The van der Waals surface area contributed by atoms with Crippen LogP contribution in [0.2, 0.25) is 0 Å². The molecule has 4 rings (SSSR count). The molecule has 14 atom stereocenters. The van der Waals surface area contributed by atoms with Crippen LogP contribution < -0.4 is 107 Å². The van der Waals surface area contributed by atoms with Crippen molar-refractivity contribution in [3.05, 3.63) is 89.5 Å². The number of unbranched alkanes of at least 4 members (excludes halogenated alkanes) is 1. The van der Waals surface area contributed by atoms with Crippen molar-refractivity contribution in [2.45, 2.75) is 219 Å². The van der Waals surface area contributed by atoms with Gasteiger partial charge < -0.3 is 112 Å². The van der Waals surface area contributed by atoms with Crippen molar-refractivity contribution in [2.24, 2.45) is 40.9 Å². The highest BCUT2D eigenvalue weighted by atomic mass is 16.5. The van der Waals surface area contributed by atoms with Crippen LogP contribution in [0.25, 0.3) is 0 Å². The number of phenolic OH excluding ortho intramolecular Hbond substituents is 1. The van der Waals surface area contributed by atoms with Gasteiger partial charge in [-0.3, -0.25) is 87.6 Å². The second-order valence-corrected chi connectivity index (χ2v) is 29.8. The summed E-state index contributed by atoms with van der Waals surface area (Å²) >= 11 is 0. The smallest absolute Gasteiger partial charge is 0.313 e. The van der Waals surface area contributed by atoms with E-state index in [9.17, 15) is 92.0 Å². The normalized spacial score (nSPS) is 24.8. The van der Waals surface area contributed by atoms with Crippen LogP contribution in [0, 0.1) is 23.7 Å². The standard InChI is InChI=1S/C77H117N19O20/c1-38(2)57-70(108)81-32-18-22-50(79)65(103)84-42(9)63(101)90-59(40(5)6)74(112)92-60(41(7)8)75(113)94-62(44(11)98)72(110)83-37-56(100)89-58(39(3)4)73(111)93-61(43(10)97)71(109)82-33-19-23-51(80)66(104)86-52(24-16-17-31-78)67(105)87-54(34-45-20-14-13-15-21-45)69(107)96-95-64(102)49-36-47(27-30-55(49)116-12)85-76(114)77(115)88-53(68(106)91-57)35-46-25-28-48(99)29-26-46/h13-15,20-21,25-30,36,38-44,50-54,57-62,97-99H,16-19,22-24,31-35,37,78-80H2,1-12H3,(H,81,108)(H,82,109)(H,83,110)(H,84,103)(H,85,114)(H,86,104)(H,87,105)(H,88,115)(H,89,100)(H,90,101)(H,91,106)(H,92,112)(H,93,111)(H,94,113)(H,95,102)(H,96,107)/t42-,43+,44+,50-,51-,52-,53-,54-,57-,58-,59-,60-,61-,62-/m0/s1. The first kappa shape index (κ1) is 96.9. The molecule has 0 saturated carbocycles. The zero-order valence-corrected chi connectivity index (χ0v) is 67.5. The summed E-state index contributed by atoms with van der Waals surface area (Å²) in [4.78, 5) is 221. The Balaban J connectivity index is 1.66. The van der Waals surface area contributed by atoms with Crippen LogP contribution in [-0.4, -0.2) is 228 Å². The maximum Gasteiger partial charge on any atom is 0.313 e. The molecule has 1 heterocycles. The maximum absolute atomic E-state index is 14.3. The average Bonchev–Trinajstić information content (AvgIpc) is 0.830. The van der Waals surface area contributed by atoms with Crippen molar-refractivity contribution >= 4 is 100 Å². The third-order valence-electron chi connectivity index (χ3n) is 18.7. The number of ether oxygens (including phenoxy) is 1. The van der Waals surface area contributed by atoms with Crippen LogP contribution >= 0.6 is 0 Å². The summed E-state index contributed by atoms with van der Waals surface area (Å²) in [6, 6.07) is 0.854. The predicted molar refractivity (Wildman–Crippen MR) is 423 cm³/mol. The van der Waals surface area contributed by atoms with Crippen LogP contribution in [-0.2, 0) is 84.8 Å². The number of benzene rings is 3. The van der Waals surface area contributed by atoms with Crippen molar-refractivity contribution in [2.75, 3.05) is 38.6 Å². The Hall–Kier alpha value is -11.4. The van der Waals surface area contributed by atoms with Gasteiger partial charge in [0.05, 0.1) is 43.5 Å². The number of rotatable bonds is 15. The van der Waals surface area contributed by atoms with Gasteiger partial charge in [0, 0.05) is 31.6 Å². The summed E-state index contributed by atoms with van der Waals surface area (Å²) in [5.41, 5.74) is 23.4. The van der Waals surface area contributed by atoms with E-state index in [2.05, 4.69) is 85.3 Å². The highest BCUT2D eigenvalue weighted by molar-refractivity contribution is 6.40. The monoisotopic (exact) mass is 1630 g/mol. The lowest BCUT2D eigenvalue weighted by Crippen LogP contribution is -2.62. The van der Waals surface area contributed by atoms with Gasteiger partial charge in [-0.2, -0.15) is 0 Å². The van der Waals surface area contributed by atoms with Crippen molar-refractivity contribution in [3.8, 4) is 11.5 Å². The molecule has 3 aromatic carbocycles. The molecule has 0 saturated heterocycles. The van der Waals surface area contributed by atoms with Crippen LogP contribution in [0.4, 0.5) is 5.69 Å². The summed E-state index contributed by atoms with van der Waals surface area (Å²) in [6.45, 7) is 15.6. The van der Waals surface area contributed by atoms with Crippen molar-refractivity contribution in [1.82, 2.24) is 80.0 Å².